The number of halogens is 1. The van der Waals surface area contributed by atoms with Crippen LogP contribution in [-0.4, -0.2) is 24.6 Å². The largest absolute Gasteiger partial charge is 0.496 e. The number of ketones is 1. The van der Waals surface area contributed by atoms with Crippen molar-refractivity contribution in [1.82, 2.24) is 0 Å². The summed E-state index contributed by atoms with van der Waals surface area (Å²) in [6, 6.07) is 16.7. The van der Waals surface area contributed by atoms with E-state index < -0.39 is 6.61 Å². The number of aliphatic hydroxyl groups excluding tert-OH is 1. The van der Waals surface area contributed by atoms with Crippen LogP contribution < -0.4 is 4.74 Å². The summed E-state index contributed by atoms with van der Waals surface area (Å²) in [5.41, 5.74) is 2.15. The normalized spacial score (nSPS) is 10.7. The number of methoxy groups -OCH3 is 1. The first kappa shape index (κ1) is 15.5. The zero-order chi connectivity index (χ0) is 16.4. The Balaban J connectivity index is 2.32. The predicted octanol–water partition coefficient (Wildman–Crippen LogP) is 4.34. The topological polar surface area (TPSA) is 46.5 Å². The fourth-order valence-electron chi connectivity index (χ4n) is 2.69. The highest BCUT2D eigenvalue weighted by Crippen LogP contribution is 2.40. The number of benzene rings is 3. The second-order valence-electron chi connectivity index (χ2n) is 5.14. The van der Waals surface area contributed by atoms with Crippen LogP contribution >= 0.6 is 11.6 Å². The van der Waals surface area contributed by atoms with E-state index in [1.54, 1.807) is 25.3 Å². The lowest BCUT2D eigenvalue weighted by molar-refractivity contribution is 0.0904. The number of carbonyl (C=O) groups is 1. The van der Waals surface area contributed by atoms with Crippen molar-refractivity contribution in [3.05, 3.63) is 65.2 Å². The minimum absolute atomic E-state index is 0.312. The Morgan fingerprint density at radius 2 is 1.91 bits per heavy atom. The Bertz CT molecular complexity index is 887. The SMILES string of the molecule is COc1cccc(Cl)c1-c1cccc2ccc(C(=O)CO)cc12. The Morgan fingerprint density at radius 1 is 1.13 bits per heavy atom. The molecule has 3 rings (SSSR count). The van der Waals surface area contributed by atoms with Crippen molar-refractivity contribution in [2.75, 3.05) is 13.7 Å². The second kappa shape index (κ2) is 6.41. The maximum Gasteiger partial charge on any atom is 0.188 e. The molecule has 4 heteroatoms. The molecule has 3 aromatic rings. The van der Waals surface area contributed by atoms with Gasteiger partial charge in [0.25, 0.3) is 0 Å². The molecule has 3 aromatic carbocycles. The van der Waals surface area contributed by atoms with Crippen molar-refractivity contribution in [3.63, 3.8) is 0 Å². The summed E-state index contributed by atoms with van der Waals surface area (Å²) in [5, 5.41) is 11.5. The molecule has 0 aliphatic carbocycles. The summed E-state index contributed by atoms with van der Waals surface area (Å²) in [7, 11) is 1.60. The third kappa shape index (κ3) is 2.81. The van der Waals surface area contributed by atoms with Gasteiger partial charge in [-0.3, -0.25) is 4.79 Å². The van der Waals surface area contributed by atoms with Gasteiger partial charge in [-0.15, -0.1) is 0 Å². The Morgan fingerprint density at radius 3 is 2.65 bits per heavy atom. The maximum atomic E-state index is 11.8. The highest BCUT2D eigenvalue weighted by molar-refractivity contribution is 6.34. The van der Waals surface area contributed by atoms with E-state index in [2.05, 4.69) is 0 Å². The summed E-state index contributed by atoms with van der Waals surface area (Å²) in [4.78, 5) is 11.8. The molecule has 0 aliphatic heterocycles. The molecule has 0 saturated heterocycles. The number of hydrogen-bond acceptors (Lipinski definition) is 3. The summed E-state index contributed by atoms with van der Waals surface area (Å²) in [5.74, 6) is 0.358. The van der Waals surface area contributed by atoms with Crippen molar-refractivity contribution < 1.29 is 14.6 Å². The molecule has 3 nitrogen and oxygen atoms in total. The minimum Gasteiger partial charge on any atom is -0.496 e. The molecule has 0 aromatic heterocycles. The number of fused-ring (bicyclic) bond motifs is 1. The van der Waals surface area contributed by atoms with Crippen molar-refractivity contribution in [2.45, 2.75) is 0 Å². The first-order valence-corrected chi connectivity index (χ1v) is 7.53. The van der Waals surface area contributed by atoms with Gasteiger partial charge in [0.15, 0.2) is 5.78 Å². The van der Waals surface area contributed by atoms with E-state index in [1.807, 2.05) is 36.4 Å². The van der Waals surface area contributed by atoms with Gasteiger partial charge in [-0.05, 0) is 34.5 Å². The number of carbonyl (C=O) groups excluding carboxylic acids is 1. The van der Waals surface area contributed by atoms with Crippen molar-refractivity contribution in [2.24, 2.45) is 0 Å². The average molecular weight is 327 g/mol. The lowest BCUT2D eigenvalue weighted by Crippen LogP contribution is -2.03. The molecular weight excluding hydrogens is 312 g/mol. The van der Waals surface area contributed by atoms with Crippen LogP contribution in [0.5, 0.6) is 5.75 Å². The fourth-order valence-corrected chi connectivity index (χ4v) is 2.96. The van der Waals surface area contributed by atoms with Gasteiger partial charge in [0.1, 0.15) is 12.4 Å². The minimum atomic E-state index is -0.511. The van der Waals surface area contributed by atoms with E-state index in [-0.39, 0.29) is 5.78 Å². The van der Waals surface area contributed by atoms with Crippen LogP contribution in [0.15, 0.2) is 54.6 Å². The molecule has 116 valence electrons. The van der Waals surface area contributed by atoms with E-state index >= 15 is 0 Å². The number of aliphatic hydroxyl groups is 1. The van der Waals surface area contributed by atoms with E-state index in [4.69, 9.17) is 21.4 Å². The first-order valence-electron chi connectivity index (χ1n) is 7.15. The molecule has 0 unspecified atom stereocenters. The molecule has 0 radical (unpaired) electrons. The van der Waals surface area contributed by atoms with Crippen LogP contribution in [0.1, 0.15) is 10.4 Å². The monoisotopic (exact) mass is 326 g/mol. The number of hydrogen-bond donors (Lipinski definition) is 1. The first-order chi connectivity index (χ1) is 11.2. The van der Waals surface area contributed by atoms with E-state index in [0.717, 1.165) is 21.9 Å². The van der Waals surface area contributed by atoms with Gasteiger partial charge in [0.05, 0.1) is 12.1 Å². The van der Waals surface area contributed by atoms with E-state index in [9.17, 15) is 4.79 Å². The Labute approximate surface area is 139 Å². The second-order valence-corrected chi connectivity index (χ2v) is 5.55. The fraction of sp³-hybridized carbons (Fsp3) is 0.105. The molecule has 0 atom stereocenters. The lowest BCUT2D eigenvalue weighted by Gasteiger charge is -2.13. The molecule has 0 spiro atoms. The van der Waals surface area contributed by atoms with Gasteiger partial charge < -0.3 is 9.84 Å². The van der Waals surface area contributed by atoms with Crippen molar-refractivity contribution in [3.8, 4) is 16.9 Å². The van der Waals surface area contributed by atoms with Crippen LogP contribution in [0.4, 0.5) is 0 Å². The number of Topliss-reactive ketones (excluding diaryl/α,β-unsaturated/α-hetero) is 1. The Kier molecular flexibility index (Phi) is 4.33. The Hall–Kier alpha value is -2.36. The highest BCUT2D eigenvalue weighted by Gasteiger charge is 2.14. The van der Waals surface area contributed by atoms with Crippen molar-refractivity contribution >= 4 is 28.2 Å². The molecular formula is C19H15ClO3. The summed E-state index contributed by atoms with van der Waals surface area (Å²) in [6.07, 6.45) is 0. The zero-order valence-corrected chi connectivity index (χ0v) is 13.3. The predicted molar refractivity (Wildman–Crippen MR) is 92.4 cm³/mol. The molecule has 0 bridgehead atoms. The molecule has 0 amide bonds. The highest BCUT2D eigenvalue weighted by atomic mass is 35.5. The standard InChI is InChI=1S/C19H15ClO3/c1-23-18-7-3-6-16(20)19(18)14-5-2-4-12-8-9-13(10-15(12)14)17(22)11-21/h2-10,21H,11H2,1H3. The van der Waals surface area contributed by atoms with Gasteiger partial charge in [-0.2, -0.15) is 0 Å². The summed E-state index contributed by atoms with van der Waals surface area (Å²) in [6.45, 7) is -0.511. The lowest BCUT2D eigenvalue weighted by atomic mass is 9.95. The third-order valence-electron chi connectivity index (χ3n) is 3.81. The molecule has 23 heavy (non-hydrogen) atoms. The average Bonchev–Trinajstić information content (AvgIpc) is 2.60. The van der Waals surface area contributed by atoms with Crippen LogP contribution in [0.2, 0.25) is 5.02 Å². The zero-order valence-electron chi connectivity index (χ0n) is 12.5. The van der Waals surface area contributed by atoms with E-state index in [1.165, 1.54) is 0 Å². The molecule has 0 heterocycles. The number of ether oxygens (including phenoxy) is 1. The molecule has 0 fully saturated rings. The summed E-state index contributed by atoms with van der Waals surface area (Å²) >= 11 is 6.39. The molecule has 1 N–H and O–H groups in total. The van der Waals surface area contributed by atoms with Crippen LogP contribution in [0, 0.1) is 0 Å². The van der Waals surface area contributed by atoms with Gasteiger partial charge in [0.2, 0.25) is 0 Å². The van der Waals surface area contributed by atoms with Gasteiger partial charge in [-0.25, -0.2) is 0 Å². The summed E-state index contributed by atoms with van der Waals surface area (Å²) < 4.78 is 5.44. The number of rotatable bonds is 4. The van der Waals surface area contributed by atoms with Gasteiger partial charge in [-0.1, -0.05) is 48.0 Å². The quantitative estimate of drug-likeness (QED) is 0.725. The molecule has 0 aliphatic rings. The third-order valence-corrected chi connectivity index (χ3v) is 4.13. The van der Waals surface area contributed by atoms with E-state index in [0.29, 0.717) is 16.3 Å². The van der Waals surface area contributed by atoms with Gasteiger partial charge >= 0.3 is 0 Å². The van der Waals surface area contributed by atoms with Crippen LogP contribution in [0.3, 0.4) is 0 Å². The molecule has 0 saturated carbocycles. The van der Waals surface area contributed by atoms with Gasteiger partial charge in [0, 0.05) is 11.1 Å². The van der Waals surface area contributed by atoms with Crippen LogP contribution in [0.25, 0.3) is 21.9 Å². The van der Waals surface area contributed by atoms with Crippen LogP contribution in [-0.2, 0) is 0 Å². The smallest absolute Gasteiger partial charge is 0.188 e. The van der Waals surface area contributed by atoms with Crippen molar-refractivity contribution in [1.29, 1.82) is 0 Å². The maximum absolute atomic E-state index is 11.8.